The number of para-hydroxylation sites is 2. The number of carbonyl (C=O) groups excluding carboxylic acids is 1. The Morgan fingerprint density at radius 3 is 2.57 bits per heavy atom. The Kier molecular flexibility index (Phi) is 4.43. The van der Waals surface area contributed by atoms with Gasteiger partial charge in [-0.15, -0.1) is 0 Å². The van der Waals surface area contributed by atoms with E-state index in [9.17, 15) is 4.79 Å². The molecule has 1 heterocycles. The summed E-state index contributed by atoms with van der Waals surface area (Å²) in [4.78, 5) is 14.3. The standard InChI is InChI=1S/C17H23NO2S/c19-16-11-20-15-8-4-3-7-14(15)18(16)12-17(13-21)9-5-1-2-6-10-17/h3-4,7-8,21H,1-2,5-6,9-13H2. The predicted octanol–water partition coefficient (Wildman–Crippen LogP) is 3.68. The van der Waals surface area contributed by atoms with Crippen LogP contribution in [0.4, 0.5) is 5.69 Å². The van der Waals surface area contributed by atoms with E-state index >= 15 is 0 Å². The van der Waals surface area contributed by atoms with Gasteiger partial charge in [0, 0.05) is 6.54 Å². The Hall–Kier alpha value is -1.16. The molecule has 1 saturated carbocycles. The molecule has 1 aromatic carbocycles. The summed E-state index contributed by atoms with van der Waals surface area (Å²) in [7, 11) is 0. The Labute approximate surface area is 132 Å². The number of amides is 1. The van der Waals surface area contributed by atoms with Gasteiger partial charge in [-0.05, 0) is 36.1 Å². The largest absolute Gasteiger partial charge is 0.482 e. The van der Waals surface area contributed by atoms with Crippen molar-refractivity contribution in [3.63, 3.8) is 0 Å². The molecule has 3 nitrogen and oxygen atoms in total. The molecule has 0 aromatic heterocycles. The van der Waals surface area contributed by atoms with E-state index in [0.29, 0.717) is 0 Å². The van der Waals surface area contributed by atoms with Gasteiger partial charge in [-0.25, -0.2) is 0 Å². The Bertz CT molecular complexity index is 509. The number of thiol groups is 1. The second-order valence-electron chi connectivity index (χ2n) is 6.31. The van der Waals surface area contributed by atoms with Crippen LogP contribution in [-0.4, -0.2) is 24.8 Å². The van der Waals surface area contributed by atoms with Crippen molar-refractivity contribution in [1.82, 2.24) is 0 Å². The first-order valence-electron chi connectivity index (χ1n) is 7.87. The Morgan fingerprint density at radius 1 is 1.14 bits per heavy atom. The van der Waals surface area contributed by atoms with Crippen molar-refractivity contribution in [3.8, 4) is 5.75 Å². The molecule has 0 bridgehead atoms. The fourth-order valence-corrected chi connectivity index (χ4v) is 3.92. The molecule has 4 heteroatoms. The van der Waals surface area contributed by atoms with E-state index in [2.05, 4.69) is 12.6 Å². The first-order chi connectivity index (χ1) is 10.2. The van der Waals surface area contributed by atoms with Gasteiger partial charge in [0.2, 0.25) is 0 Å². The van der Waals surface area contributed by atoms with Crippen LogP contribution in [-0.2, 0) is 4.79 Å². The van der Waals surface area contributed by atoms with Gasteiger partial charge in [0.05, 0.1) is 5.69 Å². The summed E-state index contributed by atoms with van der Waals surface area (Å²) in [6.07, 6.45) is 7.46. The van der Waals surface area contributed by atoms with E-state index in [1.165, 1.54) is 38.5 Å². The van der Waals surface area contributed by atoms with Crippen LogP contribution in [0.3, 0.4) is 0 Å². The predicted molar refractivity (Wildman–Crippen MR) is 88.3 cm³/mol. The maximum atomic E-state index is 12.4. The highest BCUT2D eigenvalue weighted by Crippen LogP contribution is 2.40. The van der Waals surface area contributed by atoms with Crippen molar-refractivity contribution in [2.24, 2.45) is 5.41 Å². The molecule has 3 rings (SSSR count). The molecule has 1 aliphatic heterocycles. The zero-order valence-corrected chi connectivity index (χ0v) is 13.3. The summed E-state index contributed by atoms with van der Waals surface area (Å²) in [6.45, 7) is 0.926. The number of benzene rings is 1. The maximum Gasteiger partial charge on any atom is 0.265 e. The summed E-state index contributed by atoms with van der Waals surface area (Å²) in [5.41, 5.74) is 1.07. The van der Waals surface area contributed by atoms with E-state index in [1.54, 1.807) is 0 Å². The Balaban J connectivity index is 1.86. The molecule has 1 fully saturated rings. The lowest BCUT2D eigenvalue weighted by atomic mass is 9.81. The fourth-order valence-electron chi connectivity index (χ4n) is 3.51. The third-order valence-electron chi connectivity index (χ3n) is 4.80. The topological polar surface area (TPSA) is 29.5 Å². The third kappa shape index (κ3) is 3.05. The number of nitrogens with zero attached hydrogens (tertiary/aromatic N) is 1. The lowest BCUT2D eigenvalue weighted by Crippen LogP contribution is -2.46. The van der Waals surface area contributed by atoms with Crippen LogP contribution in [0.5, 0.6) is 5.75 Å². The summed E-state index contributed by atoms with van der Waals surface area (Å²) < 4.78 is 5.54. The molecular formula is C17H23NO2S. The normalized spacial score (nSPS) is 21.4. The van der Waals surface area contributed by atoms with Crippen molar-refractivity contribution >= 4 is 24.2 Å². The van der Waals surface area contributed by atoms with Gasteiger partial charge < -0.3 is 9.64 Å². The van der Waals surface area contributed by atoms with Crippen molar-refractivity contribution < 1.29 is 9.53 Å². The zero-order chi connectivity index (χ0) is 14.7. The van der Waals surface area contributed by atoms with Gasteiger partial charge in [0.15, 0.2) is 6.61 Å². The first kappa shape index (κ1) is 14.8. The molecule has 0 atom stereocenters. The fraction of sp³-hybridized carbons (Fsp3) is 0.588. The lowest BCUT2D eigenvalue weighted by Gasteiger charge is -2.39. The molecule has 0 radical (unpaired) electrons. The molecule has 1 aliphatic carbocycles. The molecule has 1 amide bonds. The van der Waals surface area contributed by atoms with Crippen LogP contribution in [0.1, 0.15) is 38.5 Å². The third-order valence-corrected chi connectivity index (χ3v) is 5.47. The van der Waals surface area contributed by atoms with E-state index < -0.39 is 0 Å². The molecule has 1 aromatic rings. The number of hydrogen-bond acceptors (Lipinski definition) is 3. The smallest absolute Gasteiger partial charge is 0.265 e. The number of ether oxygens (including phenoxy) is 1. The minimum absolute atomic E-state index is 0.0686. The quantitative estimate of drug-likeness (QED) is 0.682. The van der Waals surface area contributed by atoms with Gasteiger partial charge in [0.1, 0.15) is 5.75 Å². The second kappa shape index (κ2) is 6.30. The van der Waals surface area contributed by atoms with E-state index in [1.807, 2.05) is 29.2 Å². The minimum atomic E-state index is 0.0686. The highest BCUT2D eigenvalue weighted by Gasteiger charge is 2.36. The van der Waals surface area contributed by atoms with E-state index in [4.69, 9.17) is 4.74 Å². The minimum Gasteiger partial charge on any atom is -0.482 e. The molecular weight excluding hydrogens is 282 g/mol. The first-order valence-corrected chi connectivity index (χ1v) is 8.50. The summed E-state index contributed by atoms with van der Waals surface area (Å²) in [6, 6.07) is 7.84. The molecule has 0 spiro atoms. The van der Waals surface area contributed by atoms with Crippen LogP contribution in [0, 0.1) is 5.41 Å². The number of rotatable bonds is 3. The number of hydrogen-bond donors (Lipinski definition) is 1. The number of anilines is 1. The van der Waals surface area contributed by atoms with Crippen molar-refractivity contribution in [2.75, 3.05) is 23.8 Å². The SMILES string of the molecule is O=C1COc2ccccc2N1CC1(CS)CCCCCC1. The number of fused-ring (bicyclic) bond motifs is 1. The van der Waals surface area contributed by atoms with Crippen LogP contribution in [0.15, 0.2) is 24.3 Å². The molecule has 0 unspecified atom stereocenters. The molecule has 0 saturated heterocycles. The molecule has 0 N–H and O–H groups in total. The average molecular weight is 305 g/mol. The monoisotopic (exact) mass is 305 g/mol. The van der Waals surface area contributed by atoms with Gasteiger partial charge in [-0.1, -0.05) is 37.8 Å². The summed E-state index contributed by atoms with van der Waals surface area (Å²) >= 11 is 4.63. The van der Waals surface area contributed by atoms with Crippen molar-refractivity contribution in [1.29, 1.82) is 0 Å². The van der Waals surface area contributed by atoms with Gasteiger partial charge >= 0.3 is 0 Å². The summed E-state index contributed by atoms with van der Waals surface area (Å²) in [5, 5.41) is 0. The Morgan fingerprint density at radius 2 is 1.86 bits per heavy atom. The van der Waals surface area contributed by atoms with Gasteiger partial charge in [-0.2, -0.15) is 12.6 Å². The maximum absolute atomic E-state index is 12.4. The van der Waals surface area contributed by atoms with Crippen molar-refractivity contribution in [2.45, 2.75) is 38.5 Å². The van der Waals surface area contributed by atoms with Crippen LogP contribution < -0.4 is 9.64 Å². The summed E-state index contributed by atoms with van der Waals surface area (Å²) in [5.74, 6) is 1.74. The van der Waals surface area contributed by atoms with E-state index in [0.717, 1.165) is 23.7 Å². The average Bonchev–Trinajstić information content (AvgIpc) is 2.76. The molecule has 2 aliphatic rings. The zero-order valence-electron chi connectivity index (χ0n) is 12.4. The highest BCUT2D eigenvalue weighted by molar-refractivity contribution is 7.80. The lowest BCUT2D eigenvalue weighted by molar-refractivity contribution is -0.121. The second-order valence-corrected chi connectivity index (χ2v) is 6.62. The molecule has 114 valence electrons. The van der Waals surface area contributed by atoms with Crippen LogP contribution in [0.2, 0.25) is 0 Å². The van der Waals surface area contributed by atoms with Crippen LogP contribution >= 0.6 is 12.6 Å². The number of carbonyl (C=O) groups is 1. The van der Waals surface area contributed by atoms with Crippen LogP contribution in [0.25, 0.3) is 0 Å². The van der Waals surface area contributed by atoms with Gasteiger partial charge in [-0.3, -0.25) is 4.79 Å². The van der Waals surface area contributed by atoms with Gasteiger partial charge in [0.25, 0.3) is 5.91 Å². The van der Waals surface area contributed by atoms with Crippen molar-refractivity contribution in [3.05, 3.63) is 24.3 Å². The molecule has 21 heavy (non-hydrogen) atoms. The highest BCUT2D eigenvalue weighted by atomic mass is 32.1. The van der Waals surface area contributed by atoms with E-state index in [-0.39, 0.29) is 17.9 Å².